The number of thiazole rings is 1. The third-order valence-corrected chi connectivity index (χ3v) is 18.0. The van der Waals surface area contributed by atoms with Crippen LogP contribution in [0.25, 0.3) is 32.6 Å². The third-order valence-electron chi connectivity index (χ3n) is 14.9. The molecule has 428 valence electrons. The number of anilines is 5. The molecule has 20 nitrogen and oxygen atoms in total. The summed E-state index contributed by atoms with van der Waals surface area (Å²) >= 11 is 5.18. The molecule has 9 rings (SSSR count). The van der Waals surface area contributed by atoms with Crippen molar-refractivity contribution in [3.63, 3.8) is 0 Å². The molecule has 2 aliphatic rings. The highest BCUT2D eigenvalue weighted by atomic mass is 79.9. The number of hydrogen-bond donors (Lipinski definition) is 5. The fourth-order valence-corrected chi connectivity index (χ4v) is 13.1. The Balaban J connectivity index is 0.777. The van der Waals surface area contributed by atoms with E-state index in [1.54, 1.807) is 55.0 Å². The van der Waals surface area contributed by atoms with Crippen LogP contribution in [0, 0.1) is 12.3 Å². The van der Waals surface area contributed by atoms with E-state index < -0.39 is 30.7 Å². The van der Waals surface area contributed by atoms with Gasteiger partial charge in [0.15, 0.2) is 0 Å². The van der Waals surface area contributed by atoms with E-state index in [2.05, 4.69) is 72.0 Å². The number of carbonyl (C=O) groups is 3. The van der Waals surface area contributed by atoms with Gasteiger partial charge < -0.3 is 45.5 Å². The van der Waals surface area contributed by atoms with Gasteiger partial charge in [0.25, 0.3) is 0 Å². The predicted molar refractivity (Wildman–Crippen MR) is 324 cm³/mol. The molecule has 5 N–H and O–H groups in total. The number of unbranched alkanes of at least 4 members (excludes halogenated alkanes) is 2. The number of halogens is 1. The molecule has 4 atom stereocenters. The smallest absolute Gasteiger partial charge is 0.246 e. The van der Waals surface area contributed by atoms with Gasteiger partial charge >= 0.3 is 0 Å². The van der Waals surface area contributed by atoms with Gasteiger partial charge in [-0.25, -0.2) is 9.97 Å². The van der Waals surface area contributed by atoms with Crippen LogP contribution < -0.4 is 36.2 Å². The topological polar surface area (TPSA) is 238 Å². The van der Waals surface area contributed by atoms with Crippen molar-refractivity contribution < 1.29 is 28.8 Å². The fraction of sp³-hybridized carbons (Fsp3) is 0.431. The average molecular weight is 1200 g/mol. The Morgan fingerprint density at radius 3 is 2.35 bits per heavy atom. The Morgan fingerprint density at radius 1 is 0.914 bits per heavy atom. The third kappa shape index (κ3) is 13.9. The van der Waals surface area contributed by atoms with Gasteiger partial charge in [-0.3, -0.25) is 33.9 Å². The number of nitrogens with one attached hydrogen (secondary N) is 4. The number of aliphatic hydroxyl groups excluding tert-OH is 1. The monoisotopic (exact) mass is 1200 g/mol. The van der Waals surface area contributed by atoms with Crippen molar-refractivity contribution in [1.82, 2.24) is 55.1 Å². The van der Waals surface area contributed by atoms with E-state index in [9.17, 15) is 24.1 Å². The van der Waals surface area contributed by atoms with Gasteiger partial charge in [0.05, 0.1) is 68.2 Å². The molecule has 0 saturated carbocycles. The van der Waals surface area contributed by atoms with Crippen LogP contribution in [0.4, 0.5) is 28.8 Å². The Labute approximate surface area is 485 Å². The molecule has 3 aromatic carbocycles. The molecule has 7 aromatic rings. The highest BCUT2D eigenvalue weighted by molar-refractivity contribution is 9.10. The molecule has 0 spiro atoms. The maximum Gasteiger partial charge on any atom is 0.246 e. The molecule has 0 bridgehead atoms. The summed E-state index contributed by atoms with van der Waals surface area (Å²) in [5.41, 5.74) is 9.49. The zero-order valence-electron chi connectivity index (χ0n) is 47.4. The Hall–Kier alpha value is -6.84. The van der Waals surface area contributed by atoms with Crippen LogP contribution in [0.1, 0.15) is 77.1 Å². The number of β-amino-alcohol motifs (C(OH)–C–C–N with tert-alkyl or cyclic N) is 1. The number of nitrogens with zero attached hydrogens (tertiary/aromatic N) is 10. The van der Waals surface area contributed by atoms with Crippen LogP contribution in [0.3, 0.4) is 0 Å². The molecule has 3 amide bonds. The van der Waals surface area contributed by atoms with Crippen LogP contribution in [0.5, 0.6) is 5.75 Å². The van der Waals surface area contributed by atoms with Gasteiger partial charge in [-0.15, -0.1) is 11.3 Å². The number of likely N-dealkylation sites (tertiary alicyclic amines) is 1. The number of aryl methyl sites for hydroxylation is 2. The lowest BCUT2D eigenvalue weighted by molar-refractivity contribution is -0.144. The first-order valence-electron chi connectivity index (χ1n) is 27.3. The Bertz CT molecular complexity index is 3450. The molecule has 23 heteroatoms. The second kappa shape index (κ2) is 25.1. The van der Waals surface area contributed by atoms with Crippen LogP contribution in [-0.4, -0.2) is 145 Å². The first-order chi connectivity index (χ1) is 38.6. The summed E-state index contributed by atoms with van der Waals surface area (Å²) in [5.74, 6) is 0.428. The number of aliphatic hydroxyl groups is 1. The summed E-state index contributed by atoms with van der Waals surface area (Å²) in [6.45, 7) is 17.1. The minimum Gasteiger partial charge on any atom is -0.494 e. The normalized spacial score (nSPS) is 16.8. The van der Waals surface area contributed by atoms with Crippen LogP contribution in [0.15, 0.2) is 89.5 Å². The molecule has 2 saturated heterocycles. The van der Waals surface area contributed by atoms with Gasteiger partial charge in [-0.05, 0) is 97.2 Å². The van der Waals surface area contributed by atoms with E-state index in [-0.39, 0.29) is 43.1 Å². The van der Waals surface area contributed by atoms with Crippen molar-refractivity contribution in [2.24, 2.45) is 12.5 Å². The van der Waals surface area contributed by atoms with E-state index in [0.717, 1.165) is 84.1 Å². The number of rotatable bonds is 20. The van der Waals surface area contributed by atoms with E-state index >= 15 is 0 Å². The van der Waals surface area contributed by atoms with Crippen LogP contribution in [-0.2, 0) is 26.0 Å². The number of carbonyl (C=O) groups excluding carboxylic acids is 3. The maximum atomic E-state index is 14.3. The second-order valence-corrected chi connectivity index (χ2v) is 27.2. The molecule has 0 aliphatic carbocycles. The van der Waals surface area contributed by atoms with Crippen molar-refractivity contribution in [2.75, 3.05) is 75.2 Å². The first-order valence-corrected chi connectivity index (χ1v) is 31.6. The highest BCUT2D eigenvalue weighted by Gasteiger charge is 2.45. The zero-order valence-corrected chi connectivity index (χ0v) is 50.7. The Morgan fingerprint density at radius 2 is 1.67 bits per heavy atom. The van der Waals surface area contributed by atoms with Gasteiger partial charge in [-0.2, -0.15) is 10.1 Å². The lowest BCUT2D eigenvalue weighted by Gasteiger charge is -2.37. The summed E-state index contributed by atoms with van der Waals surface area (Å²) in [7, 11) is 0.701. The number of aromatic nitrogens is 7. The maximum absolute atomic E-state index is 14.3. The number of ether oxygens (including phenoxy) is 1. The number of methoxy groups -OCH3 is 1. The average Bonchev–Trinajstić information content (AvgIpc) is 4.22. The number of piperazine rings is 1. The number of amides is 3. The molecular formula is C58H72BrN14O6PS. The summed E-state index contributed by atoms with van der Waals surface area (Å²) < 4.78 is 22.0. The largest absolute Gasteiger partial charge is 0.494 e. The minimum absolute atomic E-state index is 0.00981. The zero-order chi connectivity index (χ0) is 57.8. The van der Waals surface area contributed by atoms with Gasteiger partial charge in [0.1, 0.15) is 36.3 Å². The fourth-order valence-electron chi connectivity index (χ4n) is 10.6. The second-order valence-electron chi connectivity index (χ2n) is 22.4. The summed E-state index contributed by atoms with van der Waals surface area (Å²) in [6, 6.07) is 13.7. The van der Waals surface area contributed by atoms with E-state index in [4.69, 9.17) is 9.72 Å². The van der Waals surface area contributed by atoms with Gasteiger partial charge in [0, 0.05) is 100 Å². The number of benzene rings is 3. The Kier molecular flexibility index (Phi) is 18.2. The van der Waals surface area contributed by atoms with Gasteiger partial charge in [0.2, 0.25) is 23.7 Å². The molecule has 0 unspecified atom stereocenters. The van der Waals surface area contributed by atoms with Crippen molar-refractivity contribution in [2.45, 2.75) is 91.0 Å². The lowest BCUT2D eigenvalue weighted by Crippen LogP contribution is -2.57. The van der Waals surface area contributed by atoms with E-state index in [1.807, 2.05) is 108 Å². The number of fused-ring (bicyclic) bond motifs is 1. The highest BCUT2D eigenvalue weighted by Crippen LogP contribution is 2.43. The van der Waals surface area contributed by atoms with Crippen LogP contribution in [0.2, 0.25) is 0 Å². The molecule has 2 aliphatic heterocycles. The van der Waals surface area contributed by atoms with Crippen molar-refractivity contribution in [3.05, 3.63) is 101 Å². The summed E-state index contributed by atoms with van der Waals surface area (Å²) in [4.78, 5) is 71.7. The molecule has 2 fully saturated rings. The molecule has 4 aromatic heterocycles. The molecular weight excluding hydrogens is 1130 g/mol. The predicted octanol–water partition coefficient (Wildman–Crippen LogP) is 8.81. The minimum atomic E-state index is -2.83. The van der Waals surface area contributed by atoms with Crippen molar-refractivity contribution >= 4 is 97.3 Å². The summed E-state index contributed by atoms with van der Waals surface area (Å²) in [5, 5.41) is 28.7. The lowest BCUT2D eigenvalue weighted by atomic mass is 9.85. The molecule has 6 heterocycles. The SMILES string of the molecule is COc1cc(N2CCN(CCCCCC(=O)N[C@H](C(=O)N3C[C@H](O)C[C@H]3C(=O)N[C@@H](C)c3ccc(-c4scnc4C)cc3)C(C)(C)C)CC2)c(-c2cnn(C)c2)cc1Nc1ncc(Br)c(Nc2ccc3nccnc3c2P(C)(C)=O)n1. The van der Waals surface area contributed by atoms with Crippen LogP contribution >= 0.6 is 34.4 Å². The first kappa shape index (κ1) is 58.8. The number of hydrogen-bond acceptors (Lipinski definition) is 17. The molecule has 81 heavy (non-hydrogen) atoms. The van der Waals surface area contributed by atoms with Crippen molar-refractivity contribution in [3.8, 4) is 27.3 Å². The molecule has 0 radical (unpaired) electrons. The van der Waals surface area contributed by atoms with Gasteiger partial charge in [-0.1, -0.05) is 51.5 Å². The van der Waals surface area contributed by atoms with E-state index in [0.29, 0.717) is 56.1 Å². The van der Waals surface area contributed by atoms with Crippen molar-refractivity contribution in [1.29, 1.82) is 0 Å². The quantitative estimate of drug-likeness (QED) is 0.0354. The standard InChI is InChI=1S/C58H72BrN14O6PS/c1-35(37-14-16-38(17-15-37)52-36(2)63-34-81-52)65-55(76)47-27-40(74)33-73(47)56(77)53(58(3,4)5)68-49(75)13-11-10-12-22-71-23-25-72(26-24-71)46-29-48(79-7)45(28-41(46)39-30-64-70(6)32-39)67-57-62-31-42(59)54(69-57)66-44-19-18-43-50(61-21-20-60-43)51(44)80(8,9)78/h14-21,28-32,34-35,40,47,53,74H,10-13,22-27,33H2,1-9H3,(H,65,76)(H,68,75)(H2,62,66,67,69)/t35-,40+,47-,53+/m0/s1. The van der Waals surface area contributed by atoms with E-state index in [1.165, 1.54) is 4.90 Å². The summed E-state index contributed by atoms with van der Waals surface area (Å²) in [6.07, 6.45) is 10.6.